The summed E-state index contributed by atoms with van der Waals surface area (Å²) >= 11 is 1.33. The maximum absolute atomic E-state index is 7.05. The van der Waals surface area contributed by atoms with Crippen LogP contribution >= 0.6 is 35.7 Å². The van der Waals surface area contributed by atoms with Crippen LogP contribution in [0, 0.1) is 5.41 Å². The van der Waals surface area contributed by atoms with Gasteiger partial charge in [0.25, 0.3) is 0 Å². The quantitative estimate of drug-likeness (QED) is 0.349. The number of thioether (sulfide) groups is 1. The first-order valence-electron chi connectivity index (χ1n) is 2.71. The number of hydrazone groups is 1. The first kappa shape index (κ1) is 12.9. The van der Waals surface area contributed by atoms with Crippen molar-refractivity contribution in [2.45, 2.75) is 13.3 Å². The van der Waals surface area contributed by atoms with Gasteiger partial charge in [0.15, 0.2) is 5.17 Å². The van der Waals surface area contributed by atoms with Gasteiger partial charge in [0.2, 0.25) is 0 Å². The predicted octanol–water partition coefficient (Wildman–Crippen LogP) is 1.89. The van der Waals surface area contributed by atoms with Crippen molar-refractivity contribution in [3.05, 3.63) is 0 Å². The van der Waals surface area contributed by atoms with Crippen LogP contribution in [0.5, 0.6) is 0 Å². The molecule has 5 heteroatoms. The lowest BCUT2D eigenvalue weighted by Gasteiger charge is -1.94. The van der Waals surface area contributed by atoms with Gasteiger partial charge in [0.1, 0.15) is 0 Å². The van der Waals surface area contributed by atoms with E-state index in [2.05, 4.69) is 10.5 Å². The topological polar surface area (TPSA) is 48.2 Å². The molecule has 0 rings (SSSR count). The minimum Gasteiger partial charge on any atom is -0.277 e. The summed E-state index contributed by atoms with van der Waals surface area (Å²) in [6.45, 7) is 1.99. The van der Waals surface area contributed by atoms with Gasteiger partial charge < -0.3 is 0 Å². The molecule has 0 spiro atoms. The smallest absolute Gasteiger partial charge is 0.174 e. The molecule has 0 unspecified atom stereocenters. The van der Waals surface area contributed by atoms with E-state index in [4.69, 9.17) is 5.41 Å². The Labute approximate surface area is 82.6 Å². The van der Waals surface area contributed by atoms with Gasteiger partial charge in [-0.2, -0.15) is 5.10 Å². The van der Waals surface area contributed by atoms with Crippen LogP contribution in [0.2, 0.25) is 0 Å². The molecule has 0 saturated heterocycles. The monoisotopic (exact) mass is 273 g/mol. The highest BCUT2D eigenvalue weighted by atomic mass is 127. The Hall–Kier alpha value is 0.220. The summed E-state index contributed by atoms with van der Waals surface area (Å²) in [6, 6.07) is 0. The second-order valence-corrected chi connectivity index (χ2v) is 2.18. The molecule has 0 aliphatic rings. The summed E-state index contributed by atoms with van der Waals surface area (Å²) in [6.07, 6.45) is 4.45. The Morgan fingerprint density at radius 2 is 2.40 bits per heavy atom. The molecule has 0 atom stereocenters. The van der Waals surface area contributed by atoms with Gasteiger partial charge in [-0.3, -0.25) is 10.8 Å². The largest absolute Gasteiger partial charge is 0.277 e. The lowest BCUT2D eigenvalue weighted by Crippen LogP contribution is -2.11. The van der Waals surface area contributed by atoms with Crippen molar-refractivity contribution in [1.82, 2.24) is 5.43 Å². The van der Waals surface area contributed by atoms with E-state index < -0.39 is 0 Å². The summed E-state index contributed by atoms with van der Waals surface area (Å²) in [7, 11) is 0. The van der Waals surface area contributed by atoms with Gasteiger partial charge in [-0.05, 0) is 12.7 Å². The van der Waals surface area contributed by atoms with E-state index in [1.165, 1.54) is 11.8 Å². The van der Waals surface area contributed by atoms with Gasteiger partial charge in [-0.25, -0.2) is 0 Å². The predicted molar refractivity (Wildman–Crippen MR) is 58.6 cm³/mol. The van der Waals surface area contributed by atoms with E-state index in [1.54, 1.807) is 6.21 Å². The van der Waals surface area contributed by atoms with Crippen LogP contribution in [0.1, 0.15) is 13.3 Å². The van der Waals surface area contributed by atoms with E-state index in [1.807, 2.05) is 13.2 Å². The fourth-order valence-electron chi connectivity index (χ4n) is 0.241. The maximum atomic E-state index is 7.05. The van der Waals surface area contributed by atoms with Gasteiger partial charge >= 0.3 is 0 Å². The second kappa shape index (κ2) is 9.22. The molecule has 3 nitrogen and oxygen atoms in total. The van der Waals surface area contributed by atoms with Gasteiger partial charge in [0, 0.05) is 6.21 Å². The van der Waals surface area contributed by atoms with Crippen molar-refractivity contribution >= 4 is 47.1 Å². The number of amidine groups is 1. The number of nitrogens with zero attached hydrogens (tertiary/aromatic N) is 1. The van der Waals surface area contributed by atoms with Crippen LogP contribution in [0.3, 0.4) is 0 Å². The van der Waals surface area contributed by atoms with Gasteiger partial charge in [0.05, 0.1) is 0 Å². The third-order valence-corrected chi connectivity index (χ3v) is 1.14. The maximum Gasteiger partial charge on any atom is 0.174 e. The molecule has 0 saturated carbocycles. The molecule has 0 aliphatic carbocycles. The van der Waals surface area contributed by atoms with E-state index in [0.717, 1.165) is 6.42 Å². The summed E-state index contributed by atoms with van der Waals surface area (Å²) in [5.41, 5.74) is 2.55. The number of halogens is 1. The van der Waals surface area contributed by atoms with Crippen molar-refractivity contribution < 1.29 is 0 Å². The molecule has 0 aromatic rings. The van der Waals surface area contributed by atoms with Gasteiger partial charge in [-0.15, -0.1) is 24.0 Å². The van der Waals surface area contributed by atoms with Crippen LogP contribution in [0.25, 0.3) is 0 Å². The zero-order valence-corrected chi connectivity index (χ0v) is 9.20. The molecule has 0 heterocycles. The van der Waals surface area contributed by atoms with E-state index in [9.17, 15) is 0 Å². The molecular weight excluding hydrogens is 261 g/mol. The van der Waals surface area contributed by atoms with Crippen LogP contribution in [0.15, 0.2) is 5.10 Å². The Bertz CT molecular complexity index is 115. The second-order valence-electron chi connectivity index (χ2n) is 1.36. The van der Waals surface area contributed by atoms with Crippen molar-refractivity contribution in [1.29, 1.82) is 5.41 Å². The van der Waals surface area contributed by atoms with Crippen LogP contribution < -0.4 is 5.43 Å². The fourth-order valence-corrected chi connectivity index (χ4v) is 0.385. The first-order valence-corrected chi connectivity index (χ1v) is 3.93. The van der Waals surface area contributed by atoms with E-state index >= 15 is 0 Å². The summed E-state index contributed by atoms with van der Waals surface area (Å²) < 4.78 is 0. The molecule has 10 heavy (non-hydrogen) atoms. The zero-order valence-electron chi connectivity index (χ0n) is 6.05. The molecule has 2 N–H and O–H groups in total. The Morgan fingerprint density at radius 1 is 1.80 bits per heavy atom. The van der Waals surface area contributed by atoms with E-state index in [0.29, 0.717) is 5.17 Å². The average molecular weight is 273 g/mol. The van der Waals surface area contributed by atoms with Crippen molar-refractivity contribution in [3.8, 4) is 0 Å². The lowest BCUT2D eigenvalue weighted by atomic mass is 10.6. The molecule has 60 valence electrons. The van der Waals surface area contributed by atoms with Crippen molar-refractivity contribution in [2.75, 3.05) is 6.26 Å². The lowest BCUT2D eigenvalue weighted by molar-refractivity contribution is 1.03. The Balaban J connectivity index is 0. The fraction of sp³-hybridized carbons (Fsp3) is 0.600. The summed E-state index contributed by atoms with van der Waals surface area (Å²) in [4.78, 5) is 0. The highest BCUT2D eigenvalue weighted by Crippen LogP contribution is 1.88. The van der Waals surface area contributed by atoms with Gasteiger partial charge in [-0.1, -0.05) is 18.7 Å². The van der Waals surface area contributed by atoms with Crippen molar-refractivity contribution in [2.24, 2.45) is 5.10 Å². The molecule has 0 bridgehead atoms. The normalized spacial score (nSPS) is 9.00. The molecular formula is C5H12IN3S. The molecule has 0 radical (unpaired) electrons. The van der Waals surface area contributed by atoms with Crippen LogP contribution in [0.4, 0.5) is 0 Å². The summed E-state index contributed by atoms with van der Waals surface area (Å²) in [5.74, 6) is 0. The first-order chi connectivity index (χ1) is 4.31. The van der Waals surface area contributed by atoms with E-state index in [-0.39, 0.29) is 24.0 Å². The highest BCUT2D eigenvalue weighted by Gasteiger charge is 1.83. The molecule has 0 aromatic heterocycles. The number of rotatable bonds is 2. The zero-order chi connectivity index (χ0) is 7.11. The third kappa shape index (κ3) is 8.22. The van der Waals surface area contributed by atoms with Crippen LogP contribution in [-0.2, 0) is 0 Å². The molecule has 0 amide bonds. The minimum absolute atomic E-state index is 0. The number of hydrogen-bond acceptors (Lipinski definition) is 3. The number of nitrogens with one attached hydrogen (secondary N) is 2. The molecule has 0 aliphatic heterocycles. The average Bonchev–Trinajstić information content (AvgIpc) is 1.89. The highest BCUT2D eigenvalue weighted by molar-refractivity contribution is 14.0. The summed E-state index contributed by atoms with van der Waals surface area (Å²) in [5, 5.41) is 11.2. The third-order valence-electron chi connectivity index (χ3n) is 0.644. The SMILES string of the molecule is CCC=NNC(=N)SC.I. The molecule has 0 aromatic carbocycles. The van der Waals surface area contributed by atoms with Crippen molar-refractivity contribution in [3.63, 3.8) is 0 Å². The Morgan fingerprint density at radius 3 is 2.80 bits per heavy atom. The number of hydrogen-bond donors (Lipinski definition) is 2. The minimum atomic E-state index is 0. The van der Waals surface area contributed by atoms with Crippen LogP contribution in [-0.4, -0.2) is 17.6 Å². The standard InChI is InChI=1S/C5H11N3S.HI/c1-3-4-7-8-5(6)9-2;/h4H,3H2,1-2H3,(H2,6,8);1H. The molecule has 0 fully saturated rings. The Kier molecular flexibility index (Phi) is 11.9.